The molecule has 0 saturated heterocycles. The zero-order valence-corrected chi connectivity index (χ0v) is 23.0. The second kappa shape index (κ2) is 13.6. The Balaban J connectivity index is 1.58. The number of nitrogens with zero attached hydrogens (tertiary/aromatic N) is 2. The number of aryl methyl sites for hydroxylation is 1. The molecule has 39 heavy (non-hydrogen) atoms. The van der Waals surface area contributed by atoms with E-state index in [1.165, 1.54) is 0 Å². The number of H-pyrrole nitrogens is 1. The molecule has 0 radical (unpaired) electrons. The number of benzene rings is 3. The summed E-state index contributed by atoms with van der Waals surface area (Å²) in [5, 5.41) is 1.15. The van der Waals surface area contributed by atoms with Crippen molar-refractivity contribution in [2.24, 2.45) is 0 Å². The molecule has 0 bridgehead atoms. The van der Waals surface area contributed by atoms with Gasteiger partial charge >= 0.3 is 0 Å². The summed E-state index contributed by atoms with van der Waals surface area (Å²) < 4.78 is 10.8. The van der Waals surface area contributed by atoms with Crippen LogP contribution in [0.25, 0.3) is 10.9 Å². The summed E-state index contributed by atoms with van der Waals surface area (Å²) in [6.45, 7) is 3.73. The number of nitrogens with one attached hydrogen (secondary N) is 1. The van der Waals surface area contributed by atoms with Gasteiger partial charge in [0.2, 0.25) is 5.91 Å². The average molecular weight is 528 g/mol. The van der Waals surface area contributed by atoms with Crippen molar-refractivity contribution in [1.82, 2.24) is 14.8 Å². The lowest BCUT2D eigenvalue weighted by molar-refractivity contribution is -0.132. The fraction of sp³-hybridized carbons (Fsp3) is 0.312. The molecule has 1 aromatic heterocycles. The average Bonchev–Trinajstić information content (AvgIpc) is 3.38. The number of ether oxygens (including phenoxy) is 2. The molecule has 1 heterocycles. The maximum atomic E-state index is 13.9. The molecular formula is C32H37N3O4. The number of aromatic amines is 1. The Morgan fingerprint density at radius 2 is 1.59 bits per heavy atom. The molecule has 7 heteroatoms. The summed E-state index contributed by atoms with van der Waals surface area (Å²) in [6, 6.07) is 23.4. The topological polar surface area (TPSA) is 74.9 Å². The Labute approximate surface area is 230 Å². The fourth-order valence-corrected chi connectivity index (χ4v) is 4.82. The van der Waals surface area contributed by atoms with E-state index in [0.717, 1.165) is 33.3 Å². The molecule has 4 aromatic rings. The maximum absolute atomic E-state index is 13.9. The van der Waals surface area contributed by atoms with Gasteiger partial charge in [0.25, 0.3) is 5.91 Å². The third-order valence-corrected chi connectivity index (χ3v) is 7.00. The quantitative estimate of drug-likeness (QED) is 0.242. The predicted molar refractivity (Wildman–Crippen MR) is 154 cm³/mol. The molecule has 3 aromatic carbocycles. The van der Waals surface area contributed by atoms with Crippen molar-refractivity contribution in [1.29, 1.82) is 0 Å². The lowest BCUT2D eigenvalue weighted by atomic mass is 10.1. The lowest BCUT2D eigenvalue weighted by Gasteiger charge is -2.29. The molecule has 2 amide bonds. The van der Waals surface area contributed by atoms with Gasteiger partial charge in [-0.05, 0) is 49.1 Å². The van der Waals surface area contributed by atoms with Crippen molar-refractivity contribution in [3.63, 3.8) is 0 Å². The van der Waals surface area contributed by atoms with Crippen LogP contribution < -0.4 is 4.74 Å². The highest BCUT2D eigenvalue weighted by Crippen LogP contribution is 2.22. The Hall–Kier alpha value is -4.10. The molecule has 4 rings (SSSR count). The number of fused-ring (bicyclic) bond motifs is 1. The molecular weight excluding hydrogens is 490 g/mol. The number of aromatic nitrogens is 1. The number of carbonyl (C=O) groups is 2. The number of methoxy groups -OCH3 is 2. The first-order chi connectivity index (χ1) is 19.0. The lowest BCUT2D eigenvalue weighted by Crippen LogP contribution is -2.44. The van der Waals surface area contributed by atoms with E-state index in [4.69, 9.17) is 9.47 Å². The van der Waals surface area contributed by atoms with Gasteiger partial charge in [-0.25, -0.2) is 0 Å². The zero-order chi connectivity index (χ0) is 27.6. The summed E-state index contributed by atoms with van der Waals surface area (Å²) in [4.78, 5) is 34.2. The standard InChI is InChI=1S/C32H37N3O4/c1-24-11-4-6-13-27(24)32(37)35(18-10-20-38-2)23-31(36)34(22-26-12-5-9-16-30(26)39-3)19-17-25-21-33-29-15-8-7-14-28(25)29/h4-9,11-16,21,33H,10,17-20,22-23H2,1-3H3. The Morgan fingerprint density at radius 1 is 0.846 bits per heavy atom. The SMILES string of the molecule is COCCCN(CC(=O)N(CCc1c[nH]c2ccccc12)Cc1ccccc1OC)C(=O)c1ccccc1C. The second-order valence-corrected chi connectivity index (χ2v) is 9.62. The fourth-order valence-electron chi connectivity index (χ4n) is 4.82. The summed E-state index contributed by atoms with van der Waals surface area (Å²) in [5.41, 5.74) is 4.64. The minimum Gasteiger partial charge on any atom is -0.496 e. The number of rotatable bonds is 13. The highest BCUT2D eigenvalue weighted by molar-refractivity contribution is 5.97. The van der Waals surface area contributed by atoms with E-state index in [1.807, 2.05) is 84.8 Å². The monoisotopic (exact) mass is 527 g/mol. The van der Waals surface area contributed by atoms with Gasteiger partial charge in [0.15, 0.2) is 0 Å². The van der Waals surface area contributed by atoms with Crippen LogP contribution in [-0.2, 0) is 22.5 Å². The molecule has 204 valence electrons. The van der Waals surface area contributed by atoms with Gasteiger partial charge in [0.1, 0.15) is 12.3 Å². The first-order valence-corrected chi connectivity index (χ1v) is 13.3. The molecule has 0 saturated carbocycles. The highest BCUT2D eigenvalue weighted by atomic mass is 16.5. The van der Waals surface area contributed by atoms with Gasteiger partial charge in [0.05, 0.1) is 7.11 Å². The van der Waals surface area contributed by atoms with E-state index in [2.05, 4.69) is 11.1 Å². The first-order valence-electron chi connectivity index (χ1n) is 13.3. The summed E-state index contributed by atoms with van der Waals surface area (Å²) >= 11 is 0. The molecule has 7 nitrogen and oxygen atoms in total. The van der Waals surface area contributed by atoms with Crippen LogP contribution in [-0.4, -0.2) is 67.1 Å². The zero-order valence-electron chi connectivity index (χ0n) is 23.0. The maximum Gasteiger partial charge on any atom is 0.254 e. The summed E-state index contributed by atoms with van der Waals surface area (Å²) in [5.74, 6) is 0.474. The van der Waals surface area contributed by atoms with Crippen LogP contribution in [0, 0.1) is 6.92 Å². The van der Waals surface area contributed by atoms with Gasteiger partial charge in [-0.15, -0.1) is 0 Å². The number of carbonyl (C=O) groups excluding carboxylic acids is 2. The van der Waals surface area contributed by atoms with Crippen LogP contribution in [0.4, 0.5) is 0 Å². The Bertz CT molecular complexity index is 1400. The van der Waals surface area contributed by atoms with E-state index >= 15 is 0 Å². The Kier molecular flexibility index (Phi) is 9.75. The van der Waals surface area contributed by atoms with Crippen LogP contribution in [0.5, 0.6) is 5.75 Å². The minimum absolute atomic E-state index is 0.0140. The van der Waals surface area contributed by atoms with Crippen molar-refractivity contribution in [3.8, 4) is 5.75 Å². The number of amides is 2. The van der Waals surface area contributed by atoms with E-state index < -0.39 is 0 Å². The predicted octanol–water partition coefficient (Wildman–Crippen LogP) is 5.24. The molecule has 0 atom stereocenters. The van der Waals surface area contributed by atoms with Crippen LogP contribution in [0.2, 0.25) is 0 Å². The molecule has 0 aliphatic heterocycles. The van der Waals surface area contributed by atoms with E-state index in [-0.39, 0.29) is 18.4 Å². The van der Waals surface area contributed by atoms with Crippen LogP contribution in [0.3, 0.4) is 0 Å². The summed E-state index contributed by atoms with van der Waals surface area (Å²) in [6.07, 6.45) is 3.33. The highest BCUT2D eigenvalue weighted by Gasteiger charge is 2.24. The summed E-state index contributed by atoms with van der Waals surface area (Å²) in [7, 11) is 3.27. The van der Waals surface area contributed by atoms with E-state index in [9.17, 15) is 9.59 Å². The van der Waals surface area contributed by atoms with Crippen LogP contribution >= 0.6 is 0 Å². The number of hydrogen-bond donors (Lipinski definition) is 1. The number of hydrogen-bond acceptors (Lipinski definition) is 4. The molecule has 0 spiro atoms. The molecule has 0 aliphatic rings. The van der Waals surface area contributed by atoms with Gasteiger partial charge in [-0.2, -0.15) is 0 Å². The van der Waals surface area contributed by atoms with Gasteiger partial charge in [-0.3, -0.25) is 9.59 Å². The molecule has 0 fully saturated rings. The first kappa shape index (κ1) is 27.9. The molecule has 0 unspecified atom stereocenters. The Morgan fingerprint density at radius 3 is 2.38 bits per heavy atom. The largest absolute Gasteiger partial charge is 0.496 e. The minimum atomic E-state index is -0.147. The normalized spacial score (nSPS) is 10.9. The van der Waals surface area contributed by atoms with Crippen LogP contribution in [0.1, 0.15) is 33.5 Å². The van der Waals surface area contributed by atoms with Crippen molar-refractivity contribution in [2.45, 2.75) is 26.3 Å². The smallest absolute Gasteiger partial charge is 0.254 e. The second-order valence-electron chi connectivity index (χ2n) is 9.62. The number of para-hydroxylation sites is 2. The van der Waals surface area contributed by atoms with Gasteiger partial charge in [-0.1, -0.05) is 54.6 Å². The molecule has 0 aliphatic carbocycles. The molecule has 1 N–H and O–H groups in total. The third kappa shape index (κ3) is 7.06. The van der Waals surface area contributed by atoms with Crippen LogP contribution in [0.15, 0.2) is 79.0 Å². The van der Waals surface area contributed by atoms with Crippen molar-refractivity contribution < 1.29 is 19.1 Å². The van der Waals surface area contributed by atoms with E-state index in [0.29, 0.717) is 44.6 Å². The van der Waals surface area contributed by atoms with Gasteiger partial charge < -0.3 is 24.3 Å². The van der Waals surface area contributed by atoms with Crippen molar-refractivity contribution in [2.75, 3.05) is 40.5 Å². The third-order valence-electron chi connectivity index (χ3n) is 7.00. The van der Waals surface area contributed by atoms with Gasteiger partial charge in [0, 0.05) is 61.6 Å². The van der Waals surface area contributed by atoms with E-state index in [1.54, 1.807) is 19.1 Å². The van der Waals surface area contributed by atoms with Crippen molar-refractivity contribution in [3.05, 3.63) is 101 Å². The van der Waals surface area contributed by atoms with Crippen molar-refractivity contribution >= 4 is 22.7 Å².